The fourth-order valence-corrected chi connectivity index (χ4v) is 4.29. The monoisotopic (exact) mass is 393 g/mol. The standard InChI is InChI=1S/C22H21F2N5/c23-22(24)29-14-18(12-26-29)15-6-8-16(9-7-15)19-13-27-28-11-10-25-20(21(19)28)17-4-2-1-3-5-17/h6-14,17,22H,1-5H2. The molecular weight excluding hydrogens is 372 g/mol. The van der Waals surface area contributed by atoms with Gasteiger partial charge in [-0.25, -0.2) is 9.20 Å². The minimum Gasteiger partial charge on any atom is -0.257 e. The molecule has 3 heterocycles. The summed E-state index contributed by atoms with van der Waals surface area (Å²) in [6.07, 6.45) is 14.6. The Kier molecular flexibility index (Phi) is 4.58. The van der Waals surface area contributed by atoms with Gasteiger partial charge in [-0.3, -0.25) is 4.98 Å². The van der Waals surface area contributed by atoms with Crippen molar-refractivity contribution in [3.05, 3.63) is 60.9 Å². The summed E-state index contributed by atoms with van der Waals surface area (Å²) in [6.45, 7) is -2.63. The van der Waals surface area contributed by atoms with E-state index < -0.39 is 6.55 Å². The van der Waals surface area contributed by atoms with E-state index in [9.17, 15) is 8.78 Å². The van der Waals surface area contributed by atoms with Crippen LogP contribution in [0.1, 0.15) is 50.3 Å². The predicted octanol–water partition coefficient (Wildman–Crippen LogP) is 5.70. The van der Waals surface area contributed by atoms with Gasteiger partial charge in [-0.05, 0) is 24.0 Å². The zero-order valence-electron chi connectivity index (χ0n) is 15.9. The van der Waals surface area contributed by atoms with Crippen LogP contribution in [0.5, 0.6) is 0 Å². The molecule has 0 amide bonds. The van der Waals surface area contributed by atoms with E-state index in [0.717, 1.165) is 27.9 Å². The quantitative estimate of drug-likeness (QED) is 0.447. The summed E-state index contributed by atoms with van der Waals surface area (Å²) in [5.74, 6) is 0.474. The van der Waals surface area contributed by atoms with Gasteiger partial charge in [0.1, 0.15) is 0 Å². The molecule has 1 aliphatic rings. The van der Waals surface area contributed by atoms with Gasteiger partial charge in [-0.1, -0.05) is 43.5 Å². The zero-order valence-corrected chi connectivity index (χ0v) is 15.9. The molecule has 0 N–H and O–H groups in total. The van der Waals surface area contributed by atoms with Gasteiger partial charge in [0.25, 0.3) is 0 Å². The highest BCUT2D eigenvalue weighted by Gasteiger charge is 2.22. The van der Waals surface area contributed by atoms with E-state index in [2.05, 4.69) is 10.2 Å². The minimum absolute atomic E-state index is 0.474. The number of halogens is 2. The molecule has 1 aromatic carbocycles. The van der Waals surface area contributed by atoms with Crippen molar-refractivity contribution in [3.63, 3.8) is 0 Å². The van der Waals surface area contributed by atoms with Crippen molar-refractivity contribution in [2.75, 3.05) is 0 Å². The first-order chi connectivity index (χ1) is 14.2. The number of benzene rings is 1. The van der Waals surface area contributed by atoms with Crippen molar-refractivity contribution >= 4 is 5.52 Å². The lowest BCUT2D eigenvalue weighted by Crippen LogP contribution is -2.08. The van der Waals surface area contributed by atoms with Gasteiger partial charge in [-0.2, -0.15) is 19.0 Å². The maximum Gasteiger partial charge on any atom is 0.333 e. The van der Waals surface area contributed by atoms with Crippen LogP contribution < -0.4 is 0 Å². The van der Waals surface area contributed by atoms with Gasteiger partial charge in [-0.15, -0.1) is 0 Å². The number of aromatic nitrogens is 5. The molecule has 0 radical (unpaired) electrons. The molecule has 1 saturated carbocycles. The lowest BCUT2D eigenvalue weighted by atomic mass is 9.85. The van der Waals surface area contributed by atoms with Gasteiger partial charge in [0, 0.05) is 35.6 Å². The zero-order chi connectivity index (χ0) is 19.8. The molecule has 0 spiro atoms. The molecule has 0 aliphatic heterocycles. The first-order valence-corrected chi connectivity index (χ1v) is 9.96. The second-order valence-corrected chi connectivity index (χ2v) is 7.56. The highest BCUT2D eigenvalue weighted by molar-refractivity contribution is 5.83. The van der Waals surface area contributed by atoms with Crippen LogP contribution in [0.25, 0.3) is 27.8 Å². The van der Waals surface area contributed by atoms with Crippen LogP contribution in [0.2, 0.25) is 0 Å². The smallest absolute Gasteiger partial charge is 0.257 e. The molecule has 0 atom stereocenters. The Morgan fingerprint density at radius 2 is 1.66 bits per heavy atom. The maximum atomic E-state index is 12.8. The molecular formula is C22H21F2N5. The lowest BCUT2D eigenvalue weighted by Gasteiger charge is -2.22. The van der Waals surface area contributed by atoms with Gasteiger partial charge < -0.3 is 0 Å². The van der Waals surface area contributed by atoms with Crippen LogP contribution in [0.4, 0.5) is 8.78 Å². The molecule has 5 rings (SSSR count). The van der Waals surface area contributed by atoms with Crippen LogP contribution in [-0.4, -0.2) is 24.4 Å². The van der Waals surface area contributed by atoms with E-state index in [4.69, 9.17) is 4.98 Å². The summed E-state index contributed by atoms with van der Waals surface area (Å²) in [5.41, 5.74) is 5.80. The second kappa shape index (κ2) is 7.39. The Bertz CT molecular complexity index is 1120. The normalized spacial score (nSPS) is 15.4. The van der Waals surface area contributed by atoms with Crippen LogP contribution >= 0.6 is 0 Å². The topological polar surface area (TPSA) is 48.0 Å². The Morgan fingerprint density at radius 3 is 2.38 bits per heavy atom. The van der Waals surface area contributed by atoms with Gasteiger partial charge in [0.15, 0.2) is 0 Å². The summed E-state index contributed by atoms with van der Waals surface area (Å²) in [7, 11) is 0. The van der Waals surface area contributed by atoms with Crippen LogP contribution in [0, 0.1) is 0 Å². The maximum absolute atomic E-state index is 12.8. The van der Waals surface area contributed by atoms with E-state index in [-0.39, 0.29) is 0 Å². The van der Waals surface area contributed by atoms with Crippen molar-refractivity contribution in [3.8, 4) is 22.3 Å². The average Bonchev–Trinajstić information content (AvgIpc) is 3.42. The first-order valence-electron chi connectivity index (χ1n) is 9.96. The molecule has 0 unspecified atom stereocenters. The van der Waals surface area contributed by atoms with Crippen molar-refractivity contribution in [1.29, 1.82) is 0 Å². The SMILES string of the molecule is FC(F)n1cc(-c2ccc(-c3cnn4ccnc(C5CCCCC5)c34)cc2)cn1. The fourth-order valence-electron chi connectivity index (χ4n) is 4.29. The molecule has 0 saturated heterocycles. The van der Waals surface area contributed by atoms with Crippen LogP contribution in [0.15, 0.2) is 55.2 Å². The minimum atomic E-state index is -2.63. The lowest BCUT2D eigenvalue weighted by molar-refractivity contribution is 0.0566. The highest BCUT2D eigenvalue weighted by atomic mass is 19.3. The van der Waals surface area contributed by atoms with E-state index in [1.54, 1.807) is 0 Å². The summed E-state index contributed by atoms with van der Waals surface area (Å²) < 4.78 is 28.1. The molecule has 5 nitrogen and oxygen atoms in total. The highest BCUT2D eigenvalue weighted by Crippen LogP contribution is 2.37. The van der Waals surface area contributed by atoms with Gasteiger partial charge in [0.05, 0.1) is 23.6 Å². The average molecular weight is 393 g/mol. The number of alkyl halides is 2. The Balaban J connectivity index is 1.52. The van der Waals surface area contributed by atoms with Crippen LogP contribution in [-0.2, 0) is 0 Å². The number of rotatable bonds is 4. The molecule has 29 heavy (non-hydrogen) atoms. The third-order valence-corrected chi connectivity index (χ3v) is 5.78. The van der Waals surface area contributed by atoms with E-state index in [0.29, 0.717) is 16.2 Å². The fraction of sp³-hybridized carbons (Fsp3) is 0.318. The largest absolute Gasteiger partial charge is 0.333 e. The van der Waals surface area contributed by atoms with E-state index >= 15 is 0 Å². The number of hydrogen-bond donors (Lipinski definition) is 0. The van der Waals surface area contributed by atoms with Crippen LogP contribution in [0.3, 0.4) is 0 Å². The summed E-state index contributed by atoms with van der Waals surface area (Å²) in [6, 6.07) is 7.87. The molecule has 7 heteroatoms. The molecule has 3 aromatic heterocycles. The second-order valence-electron chi connectivity index (χ2n) is 7.56. The Morgan fingerprint density at radius 1 is 0.897 bits per heavy atom. The molecule has 1 fully saturated rings. The molecule has 148 valence electrons. The van der Waals surface area contributed by atoms with E-state index in [1.165, 1.54) is 44.5 Å². The first kappa shape index (κ1) is 18.0. The molecule has 4 aromatic rings. The van der Waals surface area contributed by atoms with Gasteiger partial charge in [0.2, 0.25) is 0 Å². The van der Waals surface area contributed by atoms with E-state index in [1.807, 2.05) is 47.4 Å². The number of nitrogens with zero attached hydrogens (tertiary/aromatic N) is 5. The third-order valence-electron chi connectivity index (χ3n) is 5.78. The van der Waals surface area contributed by atoms with Gasteiger partial charge >= 0.3 is 6.55 Å². The number of fused-ring (bicyclic) bond motifs is 1. The summed E-state index contributed by atoms with van der Waals surface area (Å²) >= 11 is 0. The molecule has 1 aliphatic carbocycles. The molecule has 0 bridgehead atoms. The third kappa shape index (κ3) is 3.30. The van der Waals surface area contributed by atoms with Crippen molar-refractivity contribution in [2.45, 2.75) is 44.6 Å². The summed E-state index contributed by atoms with van der Waals surface area (Å²) in [5, 5.41) is 8.25. The Labute approximate surface area is 167 Å². The predicted molar refractivity (Wildman–Crippen MR) is 107 cm³/mol. The van der Waals surface area contributed by atoms with Crippen molar-refractivity contribution in [2.24, 2.45) is 0 Å². The number of hydrogen-bond acceptors (Lipinski definition) is 3. The summed E-state index contributed by atoms with van der Waals surface area (Å²) in [4.78, 5) is 4.73. The van der Waals surface area contributed by atoms with Crippen molar-refractivity contribution < 1.29 is 8.78 Å². The Hall–Kier alpha value is -3.09. The van der Waals surface area contributed by atoms with Crippen molar-refractivity contribution in [1.82, 2.24) is 24.4 Å².